The highest BCUT2D eigenvalue weighted by Crippen LogP contribution is 2.32. The van der Waals surface area contributed by atoms with E-state index in [1.807, 2.05) is 13.8 Å². The first-order valence-electron chi connectivity index (χ1n) is 4.76. The molecule has 0 saturated carbocycles. The Kier molecular flexibility index (Phi) is 3.77. The summed E-state index contributed by atoms with van der Waals surface area (Å²) in [7, 11) is 2.94. The highest BCUT2D eigenvalue weighted by Gasteiger charge is 2.11. The molecule has 0 radical (unpaired) electrons. The molecule has 1 aromatic carbocycles. The first kappa shape index (κ1) is 11.6. The summed E-state index contributed by atoms with van der Waals surface area (Å²) in [5.41, 5.74) is 0.728. The number of methoxy groups -OCH3 is 2. The maximum atomic E-state index is 13.3. The number of anilines is 1. The fourth-order valence-corrected chi connectivity index (χ4v) is 1.28. The van der Waals surface area contributed by atoms with E-state index in [1.165, 1.54) is 20.3 Å². The van der Waals surface area contributed by atoms with Gasteiger partial charge < -0.3 is 14.8 Å². The van der Waals surface area contributed by atoms with E-state index < -0.39 is 5.82 Å². The van der Waals surface area contributed by atoms with Gasteiger partial charge in [0, 0.05) is 18.2 Å². The molecular weight excluding hydrogens is 197 g/mol. The molecule has 84 valence electrons. The second kappa shape index (κ2) is 4.87. The van der Waals surface area contributed by atoms with Crippen molar-refractivity contribution < 1.29 is 13.9 Å². The zero-order valence-electron chi connectivity index (χ0n) is 9.43. The Balaban J connectivity index is 3.10. The van der Waals surface area contributed by atoms with Crippen LogP contribution in [0.25, 0.3) is 0 Å². The monoisotopic (exact) mass is 213 g/mol. The molecule has 0 fully saturated rings. The Morgan fingerprint density at radius 1 is 1.13 bits per heavy atom. The third kappa shape index (κ3) is 2.75. The van der Waals surface area contributed by atoms with Crippen LogP contribution in [0.1, 0.15) is 13.8 Å². The molecule has 1 N–H and O–H groups in total. The normalized spacial score (nSPS) is 10.3. The SMILES string of the molecule is COc1cc(NC(C)C)c(OC)cc1F. The van der Waals surface area contributed by atoms with Crippen LogP contribution in [-0.2, 0) is 0 Å². The van der Waals surface area contributed by atoms with Crippen molar-refractivity contribution in [3.05, 3.63) is 17.9 Å². The molecule has 3 nitrogen and oxygen atoms in total. The van der Waals surface area contributed by atoms with E-state index in [0.717, 1.165) is 5.69 Å². The van der Waals surface area contributed by atoms with Crippen molar-refractivity contribution >= 4 is 5.69 Å². The number of ether oxygens (including phenoxy) is 2. The molecular formula is C11H16FNO2. The number of halogens is 1. The molecule has 0 aliphatic heterocycles. The van der Waals surface area contributed by atoms with E-state index in [1.54, 1.807) is 6.07 Å². The summed E-state index contributed by atoms with van der Waals surface area (Å²) >= 11 is 0. The quantitative estimate of drug-likeness (QED) is 0.834. The van der Waals surface area contributed by atoms with Crippen molar-refractivity contribution in [3.63, 3.8) is 0 Å². The highest BCUT2D eigenvalue weighted by atomic mass is 19.1. The molecule has 0 heterocycles. The van der Waals surface area contributed by atoms with Crippen molar-refractivity contribution in [1.82, 2.24) is 0 Å². The van der Waals surface area contributed by atoms with Crippen molar-refractivity contribution in [2.45, 2.75) is 19.9 Å². The van der Waals surface area contributed by atoms with Gasteiger partial charge in [-0.3, -0.25) is 0 Å². The van der Waals surface area contributed by atoms with Crippen LogP contribution in [0.2, 0.25) is 0 Å². The summed E-state index contributed by atoms with van der Waals surface area (Å²) < 4.78 is 23.3. The molecule has 1 aromatic rings. The van der Waals surface area contributed by atoms with Gasteiger partial charge in [-0.1, -0.05) is 0 Å². The molecule has 4 heteroatoms. The second-order valence-corrected chi connectivity index (χ2v) is 3.49. The molecule has 1 rings (SSSR count). The second-order valence-electron chi connectivity index (χ2n) is 3.49. The predicted octanol–water partition coefficient (Wildman–Crippen LogP) is 2.66. The average Bonchev–Trinajstić information content (AvgIpc) is 2.19. The molecule has 0 aliphatic rings. The third-order valence-electron chi connectivity index (χ3n) is 1.92. The summed E-state index contributed by atoms with van der Waals surface area (Å²) in [6, 6.07) is 3.15. The predicted molar refractivity (Wildman–Crippen MR) is 58.3 cm³/mol. The van der Waals surface area contributed by atoms with Gasteiger partial charge in [-0.05, 0) is 13.8 Å². The number of benzene rings is 1. The average molecular weight is 213 g/mol. The summed E-state index contributed by atoms with van der Waals surface area (Å²) in [4.78, 5) is 0. The Hall–Kier alpha value is -1.45. The number of rotatable bonds is 4. The van der Waals surface area contributed by atoms with Crippen LogP contribution in [0.3, 0.4) is 0 Å². The minimum atomic E-state index is -0.427. The van der Waals surface area contributed by atoms with Crippen molar-refractivity contribution in [2.24, 2.45) is 0 Å². The van der Waals surface area contributed by atoms with Gasteiger partial charge in [-0.2, -0.15) is 0 Å². The maximum Gasteiger partial charge on any atom is 0.168 e. The first-order valence-corrected chi connectivity index (χ1v) is 4.76. The minimum absolute atomic E-state index is 0.207. The van der Waals surface area contributed by atoms with Gasteiger partial charge in [-0.15, -0.1) is 0 Å². The van der Waals surface area contributed by atoms with Gasteiger partial charge in [0.1, 0.15) is 5.75 Å². The van der Waals surface area contributed by atoms with E-state index in [9.17, 15) is 4.39 Å². The third-order valence-corrected chi connectivity index (χ3v) is 1.92. The van der Waals surface area contributed by atoms with Gasteiger partial charge >= 0.3 is 0 Å². The van der Waals surface area contributed by atoms with Gasteiger partial charge in [0.15, 0.2) is 11.6 Å². The van der Waals surface area contributed by atoms with Crippen LogP contribution in [0.15, 0.2) is 12.1 Å². The highest BCUT2D eigenvalue weighted by molar-refractivity contribution is 5.60. The molecule has 0 bridgehead atoms. The number of nitrogens with one attached hydrogen (secondary N) is 1. The zero-order valence-corrected chi connectivity index (χ0v) is 9.43. The minimum Gasteiger partial charge on any atom is -0.494 e. The summed E-state index contributed by atoms with van der Waals surface area (Å²) in [5, 5.41) is 3.15. The van der Waals surface area contributed by atoms with Crippen LogP contribution in [0, 0.1) is 5.82 Å². The van der Waals surface area contributed by atoms with E-state index >= 15 is 0 Å². The molecule has 0 saturated heterocycles. The molecule has 0 spiro atoms. The molecule has 0 aliphatic carbocycles. The van der Waals surface area contributed by atoms with Gasteiger partial charge in [0.25, 0.3) is 0 Å². The van der Waals surface area contributed by atoms with Crippen molar-refractivity contribution in [3.8, 4) is 11.5 Å². The summed E-state index contributed by atoms with van der Waals surface area (Å²) in [6.07, 6.45) is 0. The molecule has 0 atom stereocenters. The number of hydrogen-bond acceptors (Lipinski definition) is 3. The van der Waals surface area contributed by atoms with Gasteiger partial charge in [0.05, 0.1) is 19.9 Å². The molecule has 0 aromatic heterocycles. The Labute approximate surface area is 89.2 Å². The smallest absolute Gasteiger partial charge is 0.168 e. The number of hydrogen-bond donors (Lipinski definition) is 1. The van der Waals surface area contributed by atoms with Crippen LogP contribution in [-0.4, -0.2) is 20.3 Å². The van der Waals surface area contributed by atoms with E-state index in [0.29, 0.717) is 5.75 Å². The zero-order chi connectivity index (χ0) is 11.4. The maximum absolute atomic E-state index is 13.3. The lowest BCUT2D eigenvalue weighted by Gasteiger charge is -2.15. The Bertz CT molecular complexity index is 340. The van der Waals surface area contributed by atoms with E-state index in [4.69, 9.17) is 9.47 Å². The Morgan fingerprint density at radius 2 is 1.73 bits per heavy atom. The van der Waals surface area contributed by atoms with Crippen molar-refractivity contribution in [1.29, 1.82) is 0 Å². The lowest BCUT2D eigenvalue weighted by Crippen LogP contribution is -2.11. The van der Waals surface area contributed by atoms with E-state index in [2.05, 4.69) is 5.32 Å². The van der Waals surface area contributed by atoms with Crippen molar-refractivity contribution in [2.75, 3.05) is 19.5 Å². The fraction of sp³-hybridized carbons (Fsp3) is 0.455. The topological polar surface area (TPSA) is 30.5 Å². The van der Waals surface area contributed by atoms with Crippen LogP contribution < -0.4 is 14.8 Å². The first-order chi connectivity index (χ1) is 7.08. The van der Waals surface area contributed by atoms with E-state index in [-0.39, 0.29) is 11.8 Å². The van der Waals surface area contributed by atoms with Crippen LogP contribution >= 0.6 is 0 Å². The molecule has 0 amide bonds. The summed E-state index contributed by atoms with van der Waals surface area (Å²) in [5.74, 6) is 0.254. The van der Waals surface area contributed by atoms with Gasteiger partial charge in [-0.25, -0.2) is 4.39 Å². The largest absolute Gasteiger partial charge is 0.494 e. The van der Waals surface area contributed by atoms with Crippen LogP contribution in [0.4, 0.5) is 10.1 Å². The molecule has 0 unspecified atom stereocenters. The molecule has 15 heavy (non-hydrogen) atoms. The Morgan fingerprint density at radius 3 is 2.20 bits per heavy atom. The lowest BCUT2D eigenvalue weighted by atomic mass is 10.2. The lowest BCUT2D eigenvalue weighted by molar-refractivity contribution is 0.378. The standard InChI is InChI=1S/C11H16FNO2/c1-7(2)13-9-6-10(14-3)8(12)5-11(9)15-4/h5-7,13H,1-4H3. The van der Waals surface area contributed by atoms with Crippen LogP contribution in [0.5, 0.6) is 11.5 Å². The van der Waals surface area contributed by atoms with Gasteiger partial charge in [0.2, 0.25) is 0 Å². The summed E-state index contributed by atoms with van der Waals surface area (Å²) in [6.45, 7) is 3.99. The fourth-order valence-electron chi connectivity index (χ4n) is 1.28.